The number of aromatic nitrogens is 4. The Morgan fingerprint density at radius 1 is 1.15 bits per heavy atom. The highest BCUT2D eigenvalue weighted by Gasteiger charge is 2.33. The molecule has 1 aliphatic rings. The maximum absolute atomic E-state index is 13.2. The third-order valence-electron chi connectivity index (χ3n) is 5.83. The first-order chi connectivity index (χ1) is 16.2. The van der Waals surface area contributed by atoms with Crippen molar-refractivity contribution in [1.82, 2.24) is 24.8 Å². The fourth-order valence-electron chi connectivity index (χ4n) is 4.17. The fourth-order valence-corrected chi connectivity index (χ4v) is 5.18. The van der Waals surface area contributed by atoms with Gasteiger partial charge in [-0.15, -0.1) is 0 Å². The molecular formula is C24H24N6O2S. The lowest BCUT2D eigenvalue weighted by molar-refractivity contribution is -0.122. The van der Waals surface area contributed by atoms with Crippen molar-refractivity contribution in [1.29, 1.82) is 0 Å². The number of fused-ring (bicyclic) bond motifs is 1. The van der Waals surface area contributed by atoms with Crippen LogP contribution in [0.5, 0.6) is 0 Å². The molecule has 33 heavy (non-hydrogen) atoms. The van der Waals surface area contributed by atoms with Gasteiger partial charge in [0.2, 0.25) is 5.91 Å². The van der Waals surface area contributed by atoms with Crippen molar-refractivity contribution in [3.05, 3.63) is 70.6 Å². The second-order valence-electron chi connectivity index (χ2n) is 7.90. The largest absolute Gasteiger partial charge is 0.350 e. The van der Waals surface area contributed by atoms with E-state index in [-0.39, 0.29) is 17.5 Å². The SMILES string of the molecule is CCn1c(-c2ccccn2)nc2sc(N3CCCC3C(=O)NCc3ccccc3)nc2c1=O. The summed E-state index contributed by atoms with van der Waals surface area (Å²) in [6.45, 7) is 3.58. The van der Waals surface area contributed by atoms with E-state index in [1.54, 1.807) is 10.8 Å². The van der Waals surface area contributed by atoms with Gasteiger partial charge in [0.25, 0.3) is 5.56 Å². The number of amides is 1. The topological polar surface area (TPSA) is 93.0 Å². The van der Waals surface area contributed by atoms with E-state index in [1.165, 1.54) is 11.3 Å². The smallest absolute Gasteiger partial charge is 0.281 e. The standard InChI is InChI=1S/C24H24N6O2S/c1-2-29-20(17-11-6-7-13-25-17)28-22-19(23(29)32)27-24(33-22)30-14-8-12-18(30)21(31)26-15-16-9-4-3-5-10-16/h3-7,9-11,13,18H,2,8,12,14-15H2,1H3,(H,26,31). The molecule has 168 valence electrons. The van der Waals surface area contributed by atoms with E-state index in [0.717, 1.165) is 24.9 Å². The Kier molecular flexibility index (Phi) is 5.87. The number of hydrogen-bond donors (Lipinski definition) is 1. The van der Waals surface area contributed by atoms with Crippen molar-refractivity contribution in [2.75, 3.05) is 11.4 Å². The zero-order chi connectivity index (χ0) is 22.8. The van der Waals surface area contributed by atoms with E-state index in [2.05, 4.69) is 15.3 Å². The molecule has 1 saturated heterocycles. The van der Waals surface area contributed by atoms with E-state index in [9.17, 15) is 9.59 Å². The van der Waals surface area contributed by atoms with Crippen LogP contribution in [0.1, 0.15) is 25.3 Å². The van der Waals surface area contributed by atoms with Gasteiger partial charge in [-0.3, -0.25) is 19.1 Å². The number of thiazole rings is 1. The maximum Gasteiger partial charge on any atom is 0.281 e. The third kappa shape index (κ3) is 4.11. The van der Waals surface area contributed by atoms with Crippen molar-refractivity contribution in [2.24, 2.45) is 0 Å². The summed E-state index contributed by atoms with van der Waals surface area (Å²) in [5.41, 5.74) is 1.86. The lowest BCUT2D eigenvalue weighted by Crippen LogP contribution is -2.43. The van der Waals surface area contributed by atoms with Crippen LogP contribution in [0.15, 0.2) is 59.5 Å². The molecule has 1 amide bonds. The summed E-state index contributed by atoms with van der Waals surface area (Å²) < 4.78 is 1.60. The fraction of sp³-hybridized carbons (Fsp3) is 0.292. The van der Waals surface area contributed by atoms with Crippen molar-refractivity contribution in [2.45, 2.75) is 38.9 Å². The molecular weight excluding hydrogens is 436 g/mol. The van der Waals surface area contributed by atoms with Crippen LogP contribution in [0.4, 0.5) is 5.13 Å². The summed E-state index contributed by atoms with van der Waals surface area (Å²) in [7, 11) is 0. The molecule has 0 saturated carbocycles. The molecule has 4 aromatic rings. The Morgan fingerprint density at radius 3 is 2.73 bits per heavy atom. The Hall–Kier alpha value is -3.59. The quantitative estimate of drug-likeness (QED) is 0.475. The van der Waals surface area contributed by atoms with E-state index in [1.807, 2.05) is 60.4 Å². The molecule has 0 radical (unpaired) electrons. The van der Waals surface area contributed by atoms with Crippen LogP contribution in [-0.4, -0.2) is 38.0 Å². The molecule has 9 heteroatoms. The highest BCUT2D eigenvalue weighted by molar-refractivity contribution is 7.21. The highest BCUT2D eigenvalue weighted by Crippen LogP contribution is 2.32. The van der Waals surface area contributed by atoms with Crippen molar-refractivity contribution < 1.29 is 4.79 Å². The number of carbonyl (C=O) groups is 1. The van der Waals surface area contributed by atoms with Crippen LogP contribution < -0.4 is 15.8 Å². The zero-order valence-corrected chi connectivity index (χ0v) is 19.1. The van der Waals surface area contributed by atoms with Crippen LogP contribution in [0.2, 0.25) is 0 Å². The lowest BCUT2D eigenvalue weighted by Gasteiger charge is -2.23. The molecule has 1 atom stereocenters. The number of pyridine rings is 1. The number of rotatable bonds is 6. The minimum atomic E-state index is -0.307. The van der Waals surface area contributed by atoms with Gasteiger partial charge >= 0.3 is 0 Å². The van der Waals surface area contributed by atoms with Gasteiger partial charge in [0.15, 0.2) is 21.3 Å². The molecule has 1 aliphatic heterocycles. The maximum atomic E-state index is 13.2. The molecule has 8 nitrogen and oxygen atoms in total. The second-order valence-corrected chi connectivity index (χ2v) is 8.86. The molecule has 5 rings (SSSR count). The van der Waals surface area contributed by atoms with Crippen molar-refractivity contribution in [3.8, 4) is 11.5 Å². The van der Waals surface area contributed by atoms with Gasteiger partial charge in [-0.1, -0.05) is 47.7 Å². The van der Waals surface area contributed by atoms with Gasteiger partial charge in [0.05, 0.1) is 0 Å². The number of benzene rings is 1. The molecule has 3 aromatic heterocycles. The van der Waals surface area contributed by atoms with E-state index in [0.29, 0.717) is 40.1 Å². The number of carbonyl (C=O) groups excluding carboxylic acids is 1. The van der Waals surface area contributed by atoms with E-state index < -0.39 is 0 Å². The van der Waals surface area contributed by atoms with Gasteiger partial charge in [-0.05, 0) is 37.5 Å². The molecule has 1 fully saturated rings. The van der Waals surface area contributed by atoms with Crippen LogP contribution in [0.25, 0.3) is 21.9 Å². The molecule has 4 heterocycles. The molecule has 1 unspecified atom stereocenters. The molecule has 0 spiro atoms. The minimum absolute atomic E-state index is 0.0243. The summed E-state index contributed by atoms with van der Waals surface area (Å²) in [5, 5.41) is 3.70. The van der Waals surface area contributed by atoms with Crippen molar-refractivity contribution >= 4 is 32.7 Å². The van der Waals surface area contributed by atoms with E-state index in [4.69, 9.17) is 4.98 Å². The molecule has 1 aromatic carbocycles. The summed E-state index contributed by atoms with van der Waals surface area (Å²) in [4.78, 5) is 42.5. The second kappa shape index (κ2) is 9.11. The van der Waals surface area contributed by atoms with Gasteiger partial charge in [0.1, 0.15) is 11.7 Å². The van der Waals surface area contributed by atoms with Gasteiger partial charge in [0, 0.05) is 25.8 Å². The first kappa shape index (κ1) is 21.3. The average Bonchev–Trinajstić information content (AvgIpc) is 3.51. The Morgan fingerprint density at radius 2 is 1.97 bits per heavy atom. The average molecular weight is 461 g/mol. The predicted octanol–water partition coefficient (Wildman–Crippen LogP) is 3.22. The van der Waals surface area contributed by atoms with E-state index >= 15 is 0 Å². The first-order valence-electron chi connectivity index (χ1n) is 11.1. The summed E-state index contributed by atoms with van der Waals surface area (Å²) in [6, 6.07) is 15.1. The Balaban J connectivity index is 1.45. The van der Waals surface area contributed by atoms with Crippen LogP contribution in [0, 0.1) is 0 Å². The number of hydrogen-bond acceptors (Lipinski definition) is 7. The van der Waals surface area contributed by atoms with Crippen molar-refractivity contribution in [3.63, 3.8) is 0 Å². The van der Waals surface area contributed by atoms with Crippen LogP contribution in [-0.2, 0) is 17.9 Å². The third-order valence-corrected chi connectivity index (χ3v) is 6.82. The number of nitrogens with zero attached hydrogens (tertiary/aromatic N) is 5. The predicted molar refractivity (Wildman–Crippen MR) is 129 cm³/mol. The number of anilines is 1. The summed E-state index contributed by atoms with van der Waals surface area (Å²) in [5.74, 6) is 0.507. The van der Waals surface area contributed by atoms with Gasteiger partial charge in [-0.25, -0.2) is 9.97 Å². The zero-order valence-electron chi connectivity index (χ0n) is 18.3. The number of nitrogens with one attached hydrogen (secondary N) is 1. The molecule has 1 N–H and O–H groups in total. The summed E-state index contributed by atoms with van der Waals surface area (Å²) >= 11 is 1.35. The van der Waals surface area contributed by atoms with Crippen LogP contribution >= 0.6 is 11.3 Å². The van der Waals surface area contributed by atoms with Gasteiger partial charge < -0.3 is 10.2 Å². The highest BCUT2D eigenvalue weighted by atomic mass is 32.1. The normalized spacial score (nSPS) is 15.8. The summed E-state index contributed by atoms with van der Waals surface area (Å²) in [6.07, 6.45) is 3.33. The Labute approximate surface area is 195 Å². The molecule has 0 aliphatic carbocycles. The lowest BCUT2D eigenvalue weighted by atomic mass is 10.2. The molecule has 0 bridgehead atoms. The van der Waals surface area contributed by atoms with Crippen LogP contribution in [0.3, 0.4) is 0 Å². The van der Waals surface area contributed by atoms with Gasteiger partial charge in [-0.2, -0.15) is 0 Å². The minimum Gasteiger partial charge on any atom is -0.350 e. The Bertz CT molecular complexity index is 1340. The first-order valence-corrected chi connectivity index (χ1v) is 11.9. The monoisotopic (exact) mass is 460 g/mol.